The van der Waals surface area contributed by atoms with Gasteiger partial charge in [-0.1, -0.05) is 12.1 Å². The fourth-order valence-corrected chi connectivity index (χ4v) is 3.60. The van der Waals surface area contributed by atoms with Crippen LogP contribution in [0.5, 0.6) is 5.75 Å². The number of nitrogens with one attached hydrogen (secondary N) is 1. The molecule has 0 atom stereocenters. The number of hydrogen-bond donors (Lipinski definition) is 1. The van der Waals surface area contributed by atoms with Gasteiger partial charge in [-0.15, -0.1) is 0 Å². The summed E-state index contributed by atoms with van der Waals surface area (Å²) < 4.78 is 7.40. The second-order valence-electron chi connectivity index (χ2n) is 5.93. The van der Waals surface area contributed by atoms with E-state index in [4.69, 9.17) is 4.74 Å². The number of rotatable bonds is 4. The maximum absolute atomic E-state index is 12.3. The molecule has 1 N–H and O–H groups in total. The number of benzene rings is 2. The van der Waals surface area contributed by atoms with Crippen molar-refractivity contribution in [3.63, 3.8) is 0 Å². The Balaban J connectivity index is 1.57. The molecule has 0 radical (unpaired) electrons. The van der Waals surface area contributed by atoms with Crippen molar-refractivity contribution in [2.45, 2.75) is 6.92 Å². The highest BCUT2D eigenvalue weighted by Crippen LogP contribution is 2.29. The normalized spacial score (nSPS) is 17.0. The largest absolute Gasteiger partial charge is 0.494 e. The average Bonchev–Trinajstić information content (AvgIpc) is 3.17. The van der Waals surface area contributed by atoms with E-state index < -0.39 is 0 Å². The third kappa shape index (κ3) is 3.59. The van der Waals surface area contributed by atoms with Gasteiger partial charge in [0.1, 0.15) is 11.6 Å². The van der Waals surface area contributed by atoms with E-state index in [1.807, 2.05) is 67.1 Å². The van der Waals surface area contributed by atoms with Gasteiger partial charge in [-0.3, -0.25) is 4.79 Å². The van der Waals surface area contributed by atoms with Crippen LogP contribution in [-0.2, 0) is 11.8 Å². The maximum Gasteiger partial charge on any atom is 0.264 e. The Hall–Kier alpha value is -3.06. The van der Waals surface area contributed by atoms with Crippen molar-refractivity contribution in [2.75, 3.05) is 6.61 Å². The van der Waals surface area contributed by atoms with Crippen molar-refractivity contribution < 1.29 is 9.53 Å². The van der Waals surface area contributed by atoms with Crippen molar-refractivity contribution in [1.29, 1.82) is 0 Å². The quantitative estimate of drug-likeness (QED) is 0.700. The molecular weight excluding hydrogens is 360 g/mol. The molecule has 1 aromatic heterocycles. The van der Waals surface area contributed by atoms with E-state index >= 15 is 0 Å². The van der Waals surface area contributed by atoms with Crippen LogP contribution in [0.25, 0.3) is 17.1 Å². The third-order valence-electron chi connectivity index (χ3n) is 4.11. The first-order valence-electron chi connectivity index (χ1n) is 8.58. The molecule has 0 saturated carbocycles. The van der Waals surface area contributed by atoms with Crippen LogP contribution in [0.1, 0.15) is 12.7 Å². The van der Waals surface area contributed by atoms with Crippen LogP contribution in [0.15, 0.2) is 58.4 Å². The minimum atomic E-state index is -0.170. The first-order chi connectivity index (χ1) is 13.1. The number of carbonyl (C=O) groups is 1. The van der Waals surface area contributed by atoms with Gasteiger partial charge in [-0.25, -0.2) is 9.98 Å². The van der Waals surface area contributed by atoms with Crippen molar-refractivity contribution in [3.05, 3.63) is 59.3 Å². The van der Waals surface area contributed by atoms with Crippen LogP contribution in [0.4, 0.5) is 5.69 Å². The van der Waals surface area contributed by atoms with Gasteiger partial charge in [-0.05, 0) is 55.1 Å². The number of aromatic nitrogens is 2. The highest BCUT2D eigenvalue weighted by molar-refractivity contribution is 8.18. The number of ether oxygens (including phenoxy) is 1. The number of nitrogens with zero attached hydrogens (tertiary/aromatic N) is 3. The summed E-state index contributed by atoms with van der Waals surface area (Å²) in [6, 6.07) is 15.3. The molecule has 0 bridgehead atoms. The summed E-state index contributed by atoms with van der Waals surface area (Å²) in [6.45, 7) is 2.56. The molecule has 0 unspecified atom stereocenters. The van der Waals surface area contributed by atoms with Crippen LogP contribution in [0.2, 0.25) is 0 Å². The molecule has 2 heterocycles. The van der Waals surface area contributed by atoms with Crippen LogP contribution < -0.4 is 10.1 Å². The van der Waals surface area contributed by atoms with Gasteiger partial charge in [0.25, 0.3) is 5.91 Å². The lowest BCUT2D eigenvalue weighted by Gasteiger charge is -2.02. The van der Waals surface area contributed by atoms with Crippen LogP contribution in [-0.4, -0.2) is 27.2 Å². The number of fused-ring (bicyclic) bond motifs is 1. The molecule has 136 valence electrons. The standard InChI is InChI=1S/C20H18N4O2S/c1-3-26-14-10-8-13(9-11-14)21-20-23-19(25)17(27-20)12-18-22-15-6-4-5-7-16(15)24(18)2/h4-12H,3H2,1-2H3,(H,21,23,25). The monoisotopic (exact) mass is 378 g/mol. The summed E-state index contributed by atoms with van der Waals surface area (Å²) in [5.74, 6) is 1.36. The fourth-order valence-electron chi connectivity index (χ4n) is 2.79. The lowest BCUT2D eigenvalue weighted by atomic mass is 10.3. The highest BCUT2D eigenvalue weighted by atomic mass is 32.2. The van der Waals surface area contributed by atoms with Gasteiger partial charge in [0.05, 0.1) is 28.2 Å². The molecule has 27 heavy (non-hydrogen) atoms. The molecule has 1 amide bonds. The van der Waals surface area contributed by atoms with E-state index in [0.717, 1.165) is 28.3 Å². The third-order valence-corrected chi connectivity index (χ3v) is 5.02. The Morgan fingerprint density at radius 1 is 1.22 bits per heavy atom. The molecule has 0 spiro atoms. The molecule has 1 fully saturated rings. The summed E-state index contributed by atoms with van der Waals surface area (Å²) in [6.07, 6.45) is 1.79. The molecule has 3 aromatic rings. The highest BCUT2D eigenvalue weighted by Gasteiger charge is 2.24. The SMILES string of the molecule is CCOc1ccc(N=C2NC(=O)C(=Cc3nc4ccccc4n3C)S2)cc1. The van der Waals surface area contributed by atoms with E-state index in [0.29, 0.717) is 16.7 Å². The summed E-state index contributed by atoms with van der Waals surface area (Å²) in [5, 5.41) is 3.35. The fraction of sp³-hybridized carbons (Fsp3) is 0.150. The van der Waals surface area contributed by atoms with E-state index in [9.17, 15) is 4.79 Å². The summed E-state index contributed by atoms with van der Waals surface area (Å²) in [4.78, 5) is 22.0. The number of amidine groups is 1. The minimum Gasteiger partial charge on any atom is -0.494 e. The van der Waals surface area contributed by atoms with Gasteiger partial charge in [0.2, 0.25) is 0 Å². The van der Waals surface area contributed by atoms with Gasteiger partial charge >= 0.3 is 0 Å². The zero-order valence-corrected chi connectivity index (χ0v) is 15.8. The van der Waals surface area contributed by atoms with Gasteiger partial charge in [0, 0.05) is 13.1 Å². The predicted molar refractivity (Wildman–Crippen MR) is 109 cm³/mol. The average molecular weight is 378 g/mol. The Morgan fingerprint density at radius 3 is 2.74 bits per heavy atom. The Kier molecular flexibility index (Phi) is 4.68. The predicted octanol–water partition coefficient (Wildman–Crippen LogP) is 3.86. The Labute approximate surface area is 161 Å². The van der Waals surface area contributed by atoms with Gasteiger partial charge in [-0.2, -0.15) is 0 Å². The van der Waals surface area contributed by atoms with Crippen LogP contribution in [0, 0.1) is 0 Å². The molecule has 1 aliphatic heterocycles. The van der Waals surface area contributed by atoms with Gasteiger partial charge < -0.3 is 14.6 Å². The van der Waals surface area contributed by atoms with Gasteiger partial charge in [0.15, 0.2) is 5.17 Å². The second kappa shape index (κ2) is 7.28. The number of aryl methyl sites for hydroxylation is 1. The number of para-hydroxylation sites is 2. The second-order valence-corrected chi connectivity index (χ2v) is 6.96. The maximum atomic E-state index is 12.3. The molecule has 0 aliphatic carbocycles. The first-order valence-corrected chi connectivity index (χ1v) is 9.39. The van der Waals surface area contributed by atoms with E-state index in [2.05, 4.69) is 15.3 Å². The smallest absolute Gasteiger partial charge is 0.264 e. The number of hydrogen-bond acceptors (Lipinski definition) is 5. The number of imidazole rings is 1. The number of carbonyl (C=O) groups excluding carboxylic acids is 1. The van der Waals surface area contributed by atoms with E-state index in [1.54, 1.807) is 6.08 Å². The first kappa shape index (κ1) is 17.4. The summed E-state index contributed by atoms with van der Waals surface area (Å²) in [5.41, 5.74) is 2.68. The molecule has 4 rings (SSSR count). The van der Waals surface area contributed by atoms with E-state index in [-0.39, 0.29) is 5.91 Å². The minimum absolute atomic E-state index is 0.170. The topological polar surface area (TPSA) is 68.5 Å². The molecule has 6 nitrogen and oxygen atoms in total. The zero-order valence-electron chi connectivity index (χ0n) is 15.0. The number of aliphatic imine (C=N–C) groups is 1. The molecule has 1 saturated heterocycles. The Bertz CT molecular complexity index is 1070. The van der Waals surface area contributed by atoms with E-state index in [1.165, 1.54) is 11.8 Å². The van der Waals surface area contributed by atoms with Crippen molar-refractivity contribution in [1.82, 2.24) is 14.9 Å². The number of thioether (sulfide) groups is 1. The lowest BCUT2D eigenvalue weighted by Crippen LogP contribution is -2.19. The summed E-state index contributed by atoms with van der Waals surface area (Å²) >= 11 is 1.31. The van der Waals surface area contributed by atoms with Crippen LogP contribution >= 0.6 is 11.8 Å². The molecular formula is C20H18N4O2S. The number of amides is 1. The molecule has 7 heteroatoms. The molecule has 2 aromatic carbocycles. The lowest BCUT2D eigenvalue weighted by molar-refractivity contribution is -0.115. The van der Waals surface area contributed by atoms with Crippen LogP contribution in [0.3, 0.4) is 0 Å². The zero-order chi connectivity index (χ0) is 18.8. The van der Waals surface area contributed by atoms with Crippen molar-refractivity contribution in [3.8, 4) is 5.75 Å². The van der Waals surface area contributed by atoms with Crippen molar-refractivity contribution in [2.24, 2.45) is 12.0 Å². The Morgan fingerprint density at radius 2 is 2.00 bits per heavy atom. The van der Waals surface area contributed by atoms with Crippen molar-refractivity contribution >= 4 is 45.6 Å². The molecule has 1 aliphatic rings. The summed E-state index contributed by atoms with van der Waals surface area (Å²) in [7, 11) is 1.94.